The fourth-order valence-corrected chi connectivity index (χ4v) is 5.72. The van der Waals surface area contributed by atoms with Crippen molar-refractivity contribution in [2.45, 2.75) is 33.1 Å². The molecule has 14 heteroatoms. The predicted octanol–water partition coefficient (Wildman–Crippen LogP) is 6.14. The van der Waals surface area contributed by atoms with Crippen LogP contribution in [-0.2, 0) is 27.4 Å². The normalized spacial score (nSPS) is 11.4. The fourth-order valence-electron chi connectivity index (χ4n) is 5.72. The number of rotatable bonds is 13. The quantitative estimate of drug-likeness (QED) is 0.137. The number of para-hydroxylation sites is 1. The fraction of sp³-hybridized carbons (Fsp3) is 0.200. The number of amides is 2. The minimum Gasteiger partial charge on any atom is -0.497 e. The van der Waals surface area contributed by atoms with E-state index in [9.17, 15) is 19.2 Å². The van der Waals surface area contributed by atoms with Crippen LogP contribution in [0.15, 0.2) is 114 Å². The van der Waals surface area contributed by atoms with Gasteiger partial charge in [0.05, 0.1) is 36.7 Å². The van der Waals surface area contributed by atoms with Gasteiger partial charge in [-0.1, -0.05) is 48.5 Å². The average molecular weight is 731 g/mol. The summed E-state index contributed by atoms with van der Waals surface area (Å²) in [6.45, 7) is 3.03. The third kappa shape index (κ3) is 8.56. The summed E-state index contributed by atoms with van der Waals surface area (Å²) in [5.74, 6) is 0.511. The first kappa shape index (κ1) is 36.8. The molecule has 0 bridgehead atoms. The first-order valence-electron chi connectivity index (χ1n) is 17.0. The second kappa shape index (κ2) is 16.6. The topological polar surface area (TPSA) is 156 Å². The standard InChI is InChI=1S/C40H38N6O8/c1-26(53-36(47)24-44(3)40(50)52-25-28-11-7-5-8-12-28)23-45-27(2)37(39(49)46(45)29-13-9-6-10-14-29)38(48)43-35-18-16-31(22-42-35)54-34-19-20-41-33-21-30(51-4)15-17-32(33)34/h5-22,26H,23-25H2,1-4H3,(H,42,43,48). The summed E-state index contributed by atoms with van der Waals surface area (Å²) in [6, 6.07) is 28.4. The zero-order valence-electron chi connectivity index (χ0n) is 30.1. The van der Waals surface area contributed by atoms with E-state index >= 15 is 0 Å². The van der Waals surface area contributed by atoms with Gasteiger partial charge in [0.15, 0.2) is 0 Å². The molecule has 6 rings (SSSR count). The van der Waals surface area contributed by atoms with Gasteiger partial charge in [-0.3, -0.25) is 24.0 Å². The van der Waals surface area contributed by atoms with Crippen LogP contribution in [0.2, 0.25) is 0 Å². The summed E-state index contributed by atoms with van der Waals surface area (Å²) >= 11 is 0. The van der Waals surface area contributed by atoms with Gasteiger partial charge in [0.2, 0.25) is 0 Å². The van der Waals surface area contributed by atoms with Crippen LogP contribution in [0, 0.1) is 6.92 Å². The second-order valence-electron chi connectivity index (χ2n) is 12.3. The highest BCUT2D eigenvalue weighted by molar-refractivity contribution is 6.04. The molecule has 3 aromatic heterocycles. The lowest BCUT2D eigenvalue weighted by Crippen LogP contribution is -2.35. The molecule has 1 unspecified atom stereocenters. The summed E-state index contributed by atoms with van der Waals surface area (Å²) in [5.41, 5.74) is 1.67. The van der Waals surface area contributed by atoms with Crippen LogP contribution < -0.4 is 20.3 Å². The lowest BCUT2D eigenvalue weighted by Gasteiger charge is -2.21. The van der Waals surface area contributed by atoms with E-state index in [4.69, 9.17) is 18.9 Å². The van der Waals surface area contributed by atoms with Gasteiger partial charge in [0.1, 0.15) is 47.9 Å². The third-order valence-electron chi connectivity index (χ3n) is 8.39. The van der Waals surface area contributed by atoms with Crippen molar-refractivity contribution >= 4 is 34.7 Å². The van der Waals surface area contributed by atoms with E-state index in [2.05, 4.69) is 15.3 Å². The van der Waals surface area contributed by atoms with Crippen molar-refractivity contribution in [1.82, 2.24) is 24.2 Å². The maximum atomic E-state index is 13.9. The number of fused-ring (bicyclic) bond motifs is 1. The van der Waals surface area contributed by atoms with Crippen molar-refractivity contribution in [1.29, 1.82) is 0 Å². The van der Waals surface area contributed by atoms with Crippen molar-refractivity contribution in [3.8, 4) is 22.9 Å². The molecule has 6 aromatic rings. The second-order valence-corrected chi connectivity index (χ2v) is 12.3. The smallest absolute Gasteiger partial charge is 0.410 e. The molecule has 0 aliphatic heterocycles. The van der Waals surface area contributed by atoms with Gasteiger partial charge < -0.3 is 29.2 Å². The molecule has 1 atom stereocenters. The first-order chi connectivity index (χ1) is 26.1. The molecule has 0 fully saturated rings. The summed E-state index contributed by atoms with van der Waals surface area (Å²) in [4.78, 5) is 62.7. The Bertz CT molecular complexity index is 2330. The minimum absolute atomic E-state index is 0.0257. The Hall–Kier alpha value is -6.96. The van der Waals surface area contributed by atoms with E-state index in [1.165, 1.54) is 17.9 Å². The lowest BCUT2D eigenvalue weighted by molar-refractivity contribution is -0.149. The predicted molar refractivity (Wildman–Crippen MR) is 200 cm³/mol. The molecule has 0 saturated heterocycles. The maximum absolute atomic E-state index is 13.9. The van der Waals surface area contributed by atoms with Crippen LogP contribution in [0.5, 0.6) is 17.2 Å². The average Bonchev–Trinajstić information content (AvgIpc) is 3.42. The van der Waals surface area contributed by atoms with Crippen LogP contribution in [0.3, 0.4) is 0 Å². The van der Waals surface area contributed by atoms with E-state index in [0.29, 0.717) is 34.1 Å². The number of carbonyl (C=O) groups excluding carboxylic acids is 3. The number of hydrogen-bond donors (Lipinski definition) is 1. The number of anilines is 1. The van der Waals surface area contributed by atoms with Gasteiger partial charge in [0.25, 0.3) is 11.5 Å². The molecule has 3 aromatic carbocycles. The van der Waals surface area contributed by atoms with Crippen molar-refractivity contribution < 1.29 is 33.3 Å². The first-order valence-corrected chi connectivity index (χ1v) is 17.0. The number of benzene rings is 3. The Morgan fingerprint density at radius 1 is 0.907 bits per heavy atom. The summed E-state index contributed by atoms with van der Waals surface area (Å²) < 4.78 is 25.2. The number of nitrogens with one attached hydrogen (secondary N) is 1. The number of ether oxygens (including phenoxy) is 4. The van der Waals surface area contributed by atoms with E-state index in [1.54, 1.807) is 86.4 Å². The SMILES string of the molecule is COc1ccc2c(Oc3ccc(NC(=O)c4c(C)n(CC(C)OC(=O)CN(C)C(=O)OCc5ccccc5)n(-c5ccccc5)c4=O)nc3)ccnc2c1. The van der Waals surface area contributed by atoms with Crippen LogP contribution >= 0.6 is 0 Å². The largest absolute Gasteiger partial charge is 0.497 e. The van der Waals surface area contributed by atoms with Crippen molar-refractivity contribution in [2.75, 3.05) is 26.0 Å². The Balaban J connectivity index is 1.14. The molecule has 0 aliphatic carbocycles. The Labute approximate surface area is 310 Å². The van der Waals surface area contributed by atoms with Crippen molar-refractivity contribution in [3.63, 3.8) is 0 Å². The summed E-state index contributed by atoms with van der Waals surface area (Å²) in [5, 5.41) is 3.49. The van der Waals surface area contributed by atoms with Crippen LogP contribution in [-0.4, -0.2) is 69.0 Å². The highest BCUT2D eigenvalue weighted by Crippen LogP contribution is 2.31. The summed E-state index contributed by atoms with van der Waals surface area (Å²) in [7, 11) is 3.02. The molecule has 0 spiro atoms. The molecule has 3 heterocycles. The number of carbonyl (C=O) groups is 3. The number of hydrogen-bond acceptors (Lipinski definition) is 10. The monoisotopic (exact) mass is 730 g/mol. The lowest BCUT2D eigenvalue weighted by atomic mass is 10.2. The number of pyridine rings is 2. The Morgan fingerprint density at radius 2 is 1.63 bits per heavy atom. The molecule has 1 N–H and O–H groups in total. The molecule has 276 valence electrons. The van der Waals surface area contributed by atoms with Gasteiger partial charge in [-0.15, -0.1) is 0 Å². The van der Waals surface area contributed by atoms with E-state index in [0.717, 1.165) is 15.8 Å². The number of likely N-dealkylation sites (N-methyl/N-ethyl adjacent to an activating group) is 1. The molecule has 2 amide bonds. The Kier molecular flexibility index (Phi) is 11.3. The highest BCUT2D eigenvalue weighted by atomic mass is 16.6. The molecular formula is C40H38N6O8. The zero-order valence-corrected chi connectivity index (χ0v) is 30.1. The number of nitrogens with zero attached hydrogens (tertiary/aromatic N) is 5. The van der Waals surface area contributed by atoms with Gasteiger partial charge >= 0.3 is 12.1 Å². The number of aromatic nitrogens is 4. The van der Waals surface area contributed by atoms with E-state index in [-0.39, 0.29) is 31.1 Å². The van der Waals surface area contributed by atoms with E-state index in [1.807, 2.05) is 42.5 Å². The number of methoxy groups -OCH3 is 1. The number of esters is 1. The molecule has 54 heavy (non-hydrogen) atoms. The van der Waals surface area contributed by atoms with Crippen molar-refractivity contribution in [2.24, 2.45) is 0 Å². The molecular weight excluding hydrogens is 692 g/mol. The maximum Gasteiger partial charge on any atom is 0.410 e. The molecule has 0 aliphatic rings. The molecule has 0 radical (unpaired) electrons. The van der Waals surface area contributed by atoms with Gasteiger partial charge in [-0.2, -0.15) is 0 Å². The molecule has 0 saturated carbocycles. The van der Waals surface area contributed by atoms with Crippen molar-refractivity contribution in [3.05, 3.63) is 137 Å². The zero-order chi connectivity index (χ0) is 38.2. The van der Waals surface area contributed by atoms with Gasteiger partial charge in [-0.25, -0.2) is 14.5 Å². The highest BCUT2D eigenvalue weighted by Gasteiger charge is 2.26. The van der Waals surface area contributed by atoms with Gasteiger partial charge in [0, 0.05) is 24.7 Å². The summed E-state index contributed by atoms with van der Waals surface area (Å²) in [6.07, 6.45) is 1.66. The van der Waals surface area contributed by atoms with Crippen LogP contribution in [0.4, 0.5) is 10.6 Å². The van der Waals surface area contributed by atoms with E-state index < -0.39 is 29.6 Å². The van der Waals surface area contributed by atoms with Crippen LogP contribution in [0.1, 0.15) is 28.5 Å². The van der Waals surface area contributed by atoms with Gasteiger partial charge in [-0.05, 0) is 61.9 Å². The minimum atomic E-state index is -0.753. The Morgan fingerprint density at radius 3 is 2.33 bits per heavy atom. The molecule has 14 nitrogen and oxygen atoms in total. The van der Waals surface area contributed by atoms with Crippen LogP contribution in [0.25, 0.3) is 16.6 Å². The third-order valence-corrected chi connectivity index (χ3v) is 8.39.